The van der Waals surface area contributed by atoms with Crippen molar-refractivity contribution in [1.82, 2.24) is 10.2 Å². The summed E-state index contributed by atoms with van der Waals surface area (Å²) in [5, 5.41) is 3.47. The zero-order valence-electron chi connectivity index (χ0n) is 10.4. The lowest BCUT2D eigenvalue weighted by molar-refractivity contribution is -0.131. The molecular weight excluding hydrogens is 188 g/mol. The van der Waals surface area contributed by atoms with Gasteiger partial charge in [-0.3, -0.25) is 4.79 Å². The van der Waals surface area contributed by atoms with Crippen LogP contribution in [0.1, 0.15) is 39.5 Å². The molecule has 1 amide bonds. The predicted molar refractivity (Wildman–Crippen MR) is 62.7 cm³/mol. The Hall–Kier alpha value is -0.570. The van der Waals surface area contributed by atoms with Gasteiger partial charge in [0.25, 0.3) is 0 Å². The number of hydrogen-bond acceptors (Lipinski definition) is 2. The quantitative estimate of drug-likeness (QED) is 0.751. The molecule has 88 valence electrons. The molecule has 0 aliphatic heterocycles. The van der Waals surface area contributed by atoms with Gasteiger partial charge in [-0.1, -0.05) is 20.3 Å². The van der Waals surface area contributed by atoms with Crippen molar-refractivity contribution < 1.29 is 4.79 Å². The second-order valence-electron chi connectivity index (χ2n) is 5.21. The smallest absolute Gasteiger partial charge is 0.239 e. The van der Waals surface area contributed by atoms with E-state index in [1.54, 1.807) is 4.90 Å². The van der Waals surface area contributed by atoms with Crippen LogP contribution in [-0.4, -0.2) is 37.0 Å². The van der Waals surface area contributed by atoms with E-state index >= 15 is 0 Å². The second-order valence-corrected chi connectivity index (χ2v) is 5.21. The molecule has 3 heteroatoms. The van der Waals surface area contributed by atoms with Gasteiger partial charge in [0, 0.05) is 20.1 Å². The van der Waals surface area contributed by atoms with Gasteiger partial charge in [0.15, 0.2) is 0 Å². The summed E-state index contributed by atoms with van der Waals surface area (Å²) in [6, 6.07) is 0.600. The van der Waals surface area contributed by atoms with Crippen LogP contribution >= 0.6 is 0 Å². The first-order chi connectivity index (χ1) is 7.00. The molecule has 3 nitrogen and oxygen atoms in total. The molecule has 0 radical (unpaired) electrons. The van der Waals surface area contributed by atoms with Gasteiger partial charge in [-0.2, -0.15) is 0 Å². The van der Waals surface area contributed by atoms with E-state index in [2.05, 4.69) is 19.2 Å². The Balaban J connectivity index is 2.47. The van der Waals surface area contributed by atoms with Crippen LogP contribution in [0.2, 0.25) is 0 Å². The highest BCUT2D eigenvalue weighted by molar-refractivity contribution is 5.81. The Morgan fingerprint density at radius 3 is 2.33 bits per heavy atom. The third-order valence-electron chi connectivity index (χ3n) is 2.99. The van der Waals surface area contributed by atoms with Crippen LogP contribution in [-0.2, 0) is 4.79 Å². The van der Waals surface area contributed by atoms with Crippen molar-refractivity contribution in [3.05, 3.63) is 0 Å². The average molecular weight is 212 g/mol. The van der Waals surface area contributed by atoms with Gasteiger partial charge in [-0.25, -0.2) is 0 Å². The minimum absolute atomic E-state index is 0.0188. The fourth-order valence-corrected chi connectivity index (χ4v) is 1.88. The van der Waals surface area contributed by atoms with E-state index in [1.165, 1.54) is 19.3 Å². The highest BCUT2D eigenvalue weighted by Gasteiger charge is 2.26. The molecule has 0 aromatic carbocycles. The number of likely N-dealkylation sites (N-methyl/N-ethyl adjacent to an activating group) is 1. The number of rotatable bonds is 5. The lowest BCUT2D eigenvalue weighted by Crippen LogP contribution is -2.50. The van der Waals surface area contributed by atoms with Gasteiger partial charge < -0.3 is 10.2 Å². The summed E-state index contributed by atoms with van der Waals surface area (Å²) >= 11 is 0. The lowest BCUT2D eigenvalue weighted by Gasteiger charge is -2.32. The van der Waals surface area contributed by atoms with E-state index in [0.29, 0.717) is 12.0 Å². The minimum atomic E-state index is 0.0188. The Labute approximate surface area is 93.2 Å². The molecule has 0 aromatic heterocycles. The number of nitrogens with zero attached hydrogens (tertiary/aromatic N) is 1. The number of nitrogens with one attached hydrogen (secondary N) is 1. The van der Waals surface area contributed by atoms with Crippen molar-refractivity contribution in [2.24, 2.45) is 5.92 Å². The predicted octanol–water partition coefficient (Wildman–Crippen LogP) is 1.63. The number of amides is 1. The zero-order valence-corrected chi connectivity index (χ0v) is 10.4. The van der Waals surface area contributed by atoms with Crippen LogP contribution in [0.25, 0.3) is 0 Å². The van der Waals surface area contributed by atoms with Crippen LogP contribution in [0, 0.1) is 5.92 Å². The van der Waals surface area contributed by atoms with Crippen molar-refractivity contribution in [3.8, 4) is 0 Å². The van der Waals surface area contributed by atoms with Crippen LogP contribution in [0.15, 0.2) is 0 Å². The van der Waals surface area contributed by atoms with E-state index in [4.69, 9.17) is 0 Å². The molecule has 0 heterocycles. The molecule has 1 aliphatic carbocycles. The highest BCUT2D eigenvalue weighted by Crippen LogP contribution is 2.20. The van der Waals surface area contributed by atoms with E-state index in [1.807, 2.05) is 14.1 Å². The number of hydrogen-bond donors (Lipinski definition) is 1. The first-order valence-electron chi connectivity index (χ1n) is 5.98. The first kappa shape index (κ1) is 12.5. The SMILES string of the molecule is CC(C)CC(NC1CCC1)C(=O)N(C)C. The van der Waals surface area contributed by atoms with Gasteiger partial charge >= 0.3 is 0 Å². The van der Waals surface area contributed by atoms with Crippen LogP contribution < -0.4 is 5.32 Å². The fraction of sp³-hybridized carbons (Fsp3) is 0.917. The third kappa shape index (κ3) is 3.82. The Morgan fingerprint density at radius 2 is 2.00 bits per heavy atom. The van der Waals surface area contributed by atoms with E-state index < -0.39 is 0 Å². The monoisotopic (exact) mass is 212 g/mol. The maximum Gasteiger partial charge on any atom is 0.239 e. The van der Waals surface area contributed by atoms with Gasteiger partial charge in [0.1, 0.15) is 0 Å². The number of carbonyl (C=O) groups is 1. The summed E-state index contributed by atoms with van der Waals surface area (Å²) in [4.78, 5) is 13.6. The van der Waals surface area contributed by atoms with Crippen molar-refractivity contribution in [3.63, 3.8) is 0 Å². The second kappa shape index (κ2) is 5.50. The van der Waals surface area contributed by atoms with E-state index in [0.717, 1.165) is 6.42 Å². The molecule has 1 fully saturated rings. The number of carbonyl (C=O) groups excluding carboxylic acids is 1. The molecule has 1 atom stereocenters. The maximum atomic E-state index is 11.9. The normalized spacial score (nSPS) is 18.7. The Bertz CT molecular complexity index is 210. The largest absolute Gasteiger partial charge is 0.347 e. The molecular formula is C12H24N2O. The van der Waals surface area contributed by atoms with Crippen molar-refractivity contribution in [2.75, 3.05) is 14.1 Å². The van der Waals surface area contributed by atoms with E-state index in [-0.39, 0.29) is 11.9 Å². The fourth-order valence-electron chi connectivity index (χ4n) is 1.88. The van der Waals surface area contributed by atoms with Gasteiger partial charge in [-0.15, -0.1) is 0 Å². The summed E-state index contributed by atoms with van der Waals surface area (Å²) in [6.45, 7) is 4.33. The topological polar surface area (TPSA) is 32.3 Å². The van der Waals surface area contributed by atoms with Crippen LogP contribution in [0.4, 0.5) is 0 Å². The molecule has 0 aromatic rings. The molecule has 1 N–H and O–H groups in total. The van der Waals surface area contributed by atoms with Gasteiger partial charge in [-0.05, 0) is 25.2 Å². The van der Waals surface area contributed by atoms with Crippen LogP contribution in [0.5, 0.6) is 0 Å². The van der Waals surface area contributed by atoms with E-state index in [9.17, 15) is 4.79 Å². The molecule has 0 saturated heterocycles. The minimum Gasteiger partial charge on any atom is -0.347 e. The summed E-state index contributed by atoms with van der Waals surface area (Å²) in [5.41, 5.74) is 0. The van der Waals surface area contributed by atoms with Gasteiger partial charge in [0.2, 0.25) is 5.91 Å². The lowest BCUT2D eigenvalue weighted by atomic mass is 9.91. The van der Waals surface area contributed by atoms with Crippen LogP contribution in [0.3, 0.4) is 0 Å². The zero-order chi connectivity index (χ0) is 11.4. The Kier molecular flexibility index (Phi) is 4.58. The standard InChI is InChI=1S/C12H24N2O/c1-9(2)8-11(12(15)14(3)4)13-10-6-5-7-10/h9-11,13H,5-8H2,1-4H3. The van der Waals surface area contributed by atoms with Crippen molar-refractivity contribution in [1.29, 1.82) is 0 Å². The molecule has 1 aliphatic rings. The summed E-state index contributed by atoms with van der Waals surface area (Å²) in [6.07, 6.45) is 4.71. The summed E-state index contributed by atoms with van der Waals surface area (Å²) < 4.78 is 0. The molecule has 1 unspecified atom stereocenters. The molecule has 0 spiro atoms. The first-order valence-corrected chi connectivity index (χ1v) is 5.98. The average Bonchev–Trinajstić information content (AvgIpc) is 2.07. The van der Waals surface area contributed by atoms with Gasteiger partial charge in [0.05, 0.1) is 6.04 Å². The highest BCUT2D eigenvalue weighted by atomic mass is 16.2. The maximum absolute atomic E-state index is 11.9. The third-order valence-corrected chi connectivity index (χ3v) is 2.99. The molecule has 1 rings (SSSR count). The van der Waals surface area contributed by atoms with Crippen molar-refractivity contribution in [2.45, 2.75) is 51.6 Å². The molecule has 1 saturated carbocycles. The molecule has 0 bridgehead atoms. The molecule has 15 heavy (non-hydrogen) atoms. The summed E-state index contributed by atoms with van der Waals surface area (Å²) in [7, 11) is 3.66. The summed E-state index contributed by atoms with van der Waals surface area (Å²) in [5.74, 6) is 0.780. The van der Waals surface area contributed by atoms with Crippen molar-refractivity contribution >= 4 is 5.91 Å². The Morgan fingerprint density at radius 1 is 1.40 bits per heavy atom.